The van der Waals surface area contributed by atoms with E-state index in [1.807, 2.05) is 0 Å². The van der Waals surface area contributed by atoms with E-state index in [4.69, 9.17) is 10.5 Å². The Bertz CT molecular complexity index is 361. The number of benzene rings is 1. The average molecular weight is 217 g/mol. The van der Waals surface area contributed by atoms with Gasteiger partial charge in [-0.1, -0.05) is 12.1 Å². The van der Waals surface area contributed by atoms with Crippen molar-refractivity contribution in [1.82, 2.24) is 0 Å². The van der Waals surface area contributed by atoms with E-state index in [0.717, 1.165) is 18.6 Å². The Kier molecular flexibility index (Phi) is 2.40. The molecule has 2 nitrogen and oxygen atoms in total. The second-order valence-corrected chi connectivity index (χ2v) is 5.20. The number of rotatable bonds is 3. The predicted octanol–water partition coefficient (Wildman–Crippen LogP) is 2.96. The van der Waals surface area contributed by atoms with Crippen molar-refractivity contribution in [3.05, 3.63) is 29.8 Å². The Morgan fingerprint density at radius 3 is 2.25 bits per heavy atom. The molecule has 0 saturated heterocycles. The van der Waals surface area contributed by atoms with Crippen molar-refractivity contribution < 1.29 is 4.74 Å². The fraction of sp³-hybridized carbons (Fsp3) is 0.571. The topological polar surface area (TPSA) is 35.2 Å². The minimum atomic E-state index is -0.0219. The summed E-state index contributed by atoms with van der Waals surface area (Å²) in [5.74, 6) is 1.000. The summed E-state index contributed by atoms with van der Waals surface area (Å²) in [6.07, 6.45) is 7.73. The molecule has 0 atom stereocenters. The van der Waals surface area contributed by atoms with Crippen LogP contribution in [0.15, 0.2) is 24.3 Å². The summed E-state index contributed by atoms with van der Waals surface area (Å²) >= 11 is 0. The molecule has 86 valence electrons. The highest BCUT2D eigenvalue weighted by atomic mass is 16.5. The minimum Gasteiger partial charge on any atom is -0.490 e. The lowest BCUT2D eigenvalue weighted by atomic mass is 10.1. The summed E-state index contributed by atoms with van der Waals surface area (Å²) in [7, 11) is 0. The number of hydrogen-bond donors (Lipinski definition) is 1. The fourth-order valence-corrected chi connectivity index (χ4v) is 2.49. The molecule has 2 heteroatoms. The Hall–Kier alpha value is -1.02. The van der Waals surface area contributed by atoms with Crippen molar-refractivity contribution in [3.8, 4) is 5.75 Å². The second-order valence-electron chi connectivity index (χ2n) is 5.20. The molecule has 0 radical (unpaired) electrons. The van der Waals surface area contributed by atoms with Crippen molar-refractivity contribution in [2.45, 2.75) is 50.2 Å². The molecule has 0 amide bonds. The van der Waals surface area contributed by atoms with Gasteiger partial charge in [0, 0.05) is 5.54 Å². The maximum Gasteiger partial charge on any atom is 0.119 e. The van der Waals surface area contributed by atoms with Crippen molar-refractivity contribution in [2.75, 3.05) is 0 Å². The van der Waals surface area contributed by atoms with E-state index >= 15 is 0 Å². The molecule has 0 spiro atoms. The maximum absolute atomic E-state index is 6.14. The molecule has 16 heavy (non-hydrogen) atoms. The molecule has 1 aromatic carbocycles. The van der Waals surface area contributed by atoms with Crippen LogP contribution < -0.4 is 10.5 Å². The normalized spacial score (nSPS) is 23.3. The van der Waals surface area contributed by atoms with Crippen molar-refractivity contribution >= 4 is 0 Å². The van der Waals surface area contributed by atoms with Gasteiger partial charge >= 0.3 is 0 Å². The molecular weight excluding hydrogens is 198 g/mol. The standard InChI is InChI=1S/C14H19NO/c15-14(9-10-14)11-5-7-13(8-6-11)16-12-3-1-2-4-12/h5-8,12H,1-4,9-10,15H2. The third-order valence-corrected chi connectivity index (χ3v) is 3.82. The van der Waals surface area contributed by atoms with Crippen molar-refractivity contribution in [1.29, 1.82) is 0 Å². The van der Waals surface area contributed by atoms with E-state index in [1.54, 1.807) is 0 Å². The van der Waals surface area contributed by atoms with Crippen LogP contribution in [0.25, 0.3) is 0 Å². The molecule has 0 aliphatic heterocycles. The summed E-state index contributed by atoms with van der Waals surface area (Å²) in [5, 5.41) is 0. The first-order valence-electron chi connectivity index (χ1n) is 6.32. The molecule has 2 fully saturated rings. The summed E-state index contributed by atoms with van der Waals surface area (Å²) in [6.45, 7) is 0. The van der Waals surface area contributed by atoms with Gasteiger partial charge in [-0.2, -0.15) is 0 Å². The van der Waals surface area contributed by atoms with Crippen molar-refractivity contribution in [3.63, 3.8) is 0 Å². The van der Waals surface area contributed by atoms with E-state index in [-0.39, 0.29) is 5.54 Å². The van der Waals surface area contributed by atoms with Gasteiger partial charge in [0.1, 0.15) is 5.75 Å². The molecule has 3 rings (SSSR count). The maximum atomic E-state index is 6.14. The Labute approximate surface area is 96.8 Å². The summed E-state index contributed by atoms with van der Waals surface area (Å²) in [4.78, 5) is 0. The number of ether oxygens (including phenoxy) is 1. The molecule has 0 heterocycles. The third-order valence-electron chi connectivity index (χ3n) is 3.82. The molecule has 2 aliphatic carbocycles. The van der Waals surface area contributed by atoms with Crippen molar-refractivity contribution in [2.24, 2.45) is 5.73 Å². The van der Waals surface area contributed by atoms with E-state index in [9.17, 15) is 0 Å². The first-order chi connectivity index (χ1) is 7.76. The second kappa shape index (κ2) is 3.77. The average Bonchev–Trinajstić information content (AvgIpc) is 2.85. The smallest absolute Gasteiger partial charge is 0.119 e. The molecule has 1 aromatic rings. The van der Waals surface area contributed by atoms with Crippen LogP contribution in [0.3, 0.4) is 0 Å². The van der Waals surface area contributed by atoms with E-state index < -0.39 is 0 Å². The van der Waals surface area contributed by atoms with Crippen LogP contribution in [-0.4, -0.2) is 6.10 Å². The molecular formula is C14H19NO. The molecule has 2 N–H and O–H groups in total. The van der Waals surface area contributed by atoms with Gasteiger partial charge in [0.2, 0.25) is 0 Å². The Balaban J connectivity index is 1.67. The van der Waals surface area contributed by atoms with E-state index in [0.29, 0.717) is 6.10 Å². The zero-order valence-corrected chi connectivity index (χ0v) is 9.61. The third kappa shape index (κ3) is 1.94. The number of nitrogens with two attached hydrogens (primary N) is 1. The zero-order valence-electron chi connectivity index (χ0n) is 9.61. The zero-order chi connectivity index (χ0) is 11.0. The van der Waals surface area contributed by atoms with E-state index in [1.165, 1.54) is 31.2 Å². The lowest BCUT2D eigenvalue weighted by molar-refractivity contribution is 0.210. The summed E-state index contributed by atoms with van der Waals surface area (Å²) in [5.41, 5.74) is 7.37. The van der Waals surface area contributed by atoms with Crippen LogP contribution in [0.2, 0.25) is 0 Å². The van der Waals surface area contributed by atoms with Gasteiger partial charge in [-0.05, 0) is 56.2 Å². The summed E-state index contributed by atoms with van der Waals surface area (Å²) < 4.78 is 5.92. The lowest BCUT2D eigenvalue weighted by Crippen LogP contribution is -2.18. The Morgan fingerprint density at radius 1 is 1.06 bits per heavy atom. The van der Waals surface area contributed by atoms with Gasteiger partial charge < -0.3 is 10.5 Å². The van der Waals surface area contributed by atoms with E-state index in [2.05, 4.69) is 24.3 Å². The first kappa shape index (κ1) is 10.2. The molecule has 0 aromatic heterocycles. The summed E-state index contributed by atoms with van der Waals surface area (Å²) in [6, 6.07) is 8.38. The Morgan fingerprint density at radius 2 is 1.69 bits per heavy atom. The van der Waals surface area contributed by atoms with Gasteiger partial charge in [-0.15, -0.1) is 0 Å². The van der Waals surface area contributed by atoms with Crippen LogP contribution >= 0.6 is 0 Å². The quantitative estimate of drug-likeness (QED) is 0.844. The SMILES string of the molecule is NC1(c2ccc(OC3CCCC3)cc2)CC1. The van der Waals surface area contributed by atoms with Gasteiger partial charge in [0.15, 0.2) is 0 Å². The highest BCUT2D eigenvalue weighted by Crippen LogP contribution is 2.42. The minimum absolute atomic E-state index is 0.0219. The predicted molar refractivity (Wildman–Crippen MR) is 64.4 cm³/mol. The highest BCUT2D eigenvalue weighted by Gasteiger charge is 2.39. The molecule has 0 unspecified atom stereocenters. The van der Waals surface area contributed by atoms with Crippen LogP contribution in [-0.2, 0) is 5.54 Å². The van der Waals surface area contributed by atoms with Gasteiger partial charge in [-0.3, -0.25) is 0 Å². The number of hydrogen-bond acceptors (Lipinski definition) is 2. The highest BCUT2D eigenvalue weighted by molar-refractivity contribution is 5.34. The molecule has 2 aliphatic rings. The monoisotopic (exact) mass is 217 g/mol. The first-order valence-corrected chi connectivity index (χ1v) is 6.32. The van der Waals surface area contributed by atoms with Crippen LogP contribution in [0.1, 0.15) is 44.1 Å². The van der Waals surface area contributed by atoms with Gasteiger partial charge in [0.05, 0.1) is 6.10 Å². The lowest BCUT2D eigenvalue weighted by Gasteiger charge is -2.14. The fourth-order valence-electron chi connectivity index (χ4n) is 2.49. The molecule has 0 bridgehead atoms. The van der Waals surface area contributed by atoms with Crippen LogP contribution in [0.4, 0.5) is 0 Å². The molecule has 2 saturated carbocycles. The van der Waals surface area contributed by atoms with Gasteiger partial charge in [-0.25, -0.2) is 0 Å². The van der Waals surface area contributed by atoms with Crippen LogP contribution in [0.5, 0.6) is 5.75 Å². The largest absolute Gasteiger partial charge is 0.490 e. The van der Waals surface area contributed by atoms with Crippen LogP contribution in [0, 0.1) is 0 Å². The van der Waals surface area contributed by atoms with Gasteiger partial charge in [0.25, 0.3) is 0 Å².